The molecule has 0 fully saturated rings. The average molecular weight is 201 g/mol. The molecule has 0 aliphatic heterocycles. The van der Waals surface area contributed by atoms with Crippen LogP contribution in [-0.4, -0.2) is 25.8 Å². The van der Waals surface area contributed by atoms with Gasteiger partial charge in [0.1, 0.15) is 0 Å². The standard InChI is InChI=1S/C12H27NO/c1-5-7-9-14-10-8-11(3)12(4)13-6-2/h11-13H,5-10H2,1-4H3. The number of hydrogen-bond acceptors (Lipinski definition) is 2. The highest BCUT2D eigenvalue weighted by Gasteiger charge is 2.09. The Hall–Kier alpha value is -0.0800. The first-order valence-electron chi connectivity index (χ1n) is 6.03. The average Bonchev–Trinajstić information content (AvgIpc) is 2.17. The summed E-state index contributed by atoms with van der Waals surface area (Å²) in [6, 6.07) is 0.606. The molecule has 0 radical (unpaired) electrons. The van der Waals surface area contributed by atoms with Crippen LogP contribution in [0.15, 0.2) is 0 Å². The zero-order valence-electron chi connectivity index (χ0n) is 10.3. The van der Waals surface area contributed by atoms with Crippen molar-refractivity contribution in [2.24, 2.45) is 5.92 Å². The van der Waals surface area contributed by atoms with E-state index in [1.807, 2.05) is 0 Å². The lowest BCUT2D eigenvalue weighted by Crippen LogP contribution is -2.32. The normalized spacial score (nSPS) is 15.4. The Balaban J connectivity index is 3.29. The van der Waals surface area contributed by atoms with Gasteiger partial charge in [-0.25, -0.2) is 0 Å². The second kappa shape index (κ2) is 9.47. The van der Waals surface area contributed by atoms with Gasteiger partial charge in [-0.2, -0.15) is 0 Å². The minimum atomic E-state index is 0.606. The first-order valence-corrected chi connectivity index (χ1v) is 6.03. The van der Waals surface area contributed by atoms with Crippen LogP contribution >= 0.6 is 0 Å². The van der Waals surface area contributed by atoms with E-state index in [1.165, 1.54) is 12.8 Å². The number of unbranched alkanes of at least 4 members (excludes halogenated alkanes) is 1. The van der Waals surface area contributed by atoms with E-state index in [4.69, 9.17) is 4.74 Å². The van der Waals surface area contributed by atoms with Crippen molar-refractivity contribution in [2.45, 2.75) is 53.0 Å². The first-order chi connectivity index (χ1) is 6.72. The maximum atomic E-state index is 5.55. The Labute approximate surface area is 89.4 Å². The molecule has 2 unspecified atom stereocenters. The smallest absolute Gasteiger partial charge is 0.0469 e. The number of nitrogens with one attached hydrogen (secondary N) is 1. The highest BCUT2D eigenvalue weighted by molar-refractivity contribution is 4.67. The molecule has 0 bridgehead atoms. The van der Waals surface area contributed by atoms with Crippen LogP contribution in [-0.2, 0) is 4.74 Å². The molecule has 0 rings (SSSR count). The fourth-order valence-corrected chi connectivity index (χ4v) is 1.39. The van der Waals surface area contributed by atoms with E-state index in [0.717, 1.165) is 26.2 Å². The first kappa shape index (κ1) is 13.9. The van der Waals surface area contributed by atoms with Gasteiger partial charge in [0, 0.05) is 19.3 Å². The van der Waals surface area contributed by atoms with Crippen molar-refractivity contribution in [3.63, 3.8) is 0 Å². The SMILES string of the molecule is CCCCOCCC(C)C(C)NCC. The van der Waals surface area contributed by atoms with Crippen molar-refractivity contribution >= 4 is 0 Å². The fourth-order valence-electron chi connectivity index (χ4n) is 1.39. The van der Waals surface area contributed by atoms with Gasteiger partial charge in [-0.1, -0.05) is 27.2 Å². The zero-order chi connectivity index (χ0) is 10.8. The minimum absolute atomic E-state index is 0.606. The van der Waals surface area contributed by atoms with E-state index in [9.17, 15) is 0 Å². The van der Waals surface area contributed by atoms with E-state index < -0.39 is 0 Å². The topological polar surface area (TPSA) is 21.3 Å². The number of hydrogen-bond donors (Lipinski definition) is 1. The molecule has 0 saturated heterocycles. The highest BCUT2D eigenvalue weighted by atomic mass is 16.5. The van der Waals surface area contributed by atoms with Crippen LogP contribution in [0.1, 0.15) is 47.0 Å². The molecule has 2 heteroatoms. The van der Waals surface area contributed by atoms with Crippen molar-refractivity contribution in [2.75, 3.05) is 19.8 Å². The molecule has 2 nitrogen and oxygen atoms in total. The predicted octanol–water partition coefficient (Wildman–Crippen LogP) is 2.83. The second-order valence-electron chi connectivity index (χ2n) is 4.08. The maximum Gasteiger partial charge on any atom is 0.0469 e. The Morgan fingerprint density at radius 1 is 1.14 bits per heavy atom. The van der Waals surface area contributed by atoms with Crippen LogP contribution in [0.3, 0.4) is 0 Å². The maximum absolute atomic E-state index is 5.55. The number of rotatable bonds is 9. The fraction of sp³-hybridized carbons (Fsp3) is 1.00. The van der Waals surface area contributed by atoms with Crippen LogP contribution in [0.2, 0.25) is 0 Å². The van der Waals surface area contributed by atoms with Gasteiger partial charge >= 0.3 is 0 Å². The molecule has 0 aromatic rings. The molecule has 0 aliphatic carbocycles. The van der Waals surface area contributed by atoms with E-state index >= 15 is 0 Å². The molecule has 2 atom stereocenters. The van der Waals surface area contributed by atoms with E-state index in [2.05, 4.69) is 33.0 Å². The minimum Gasteiger partial charge on any atom is -0.381 e. The summed E-state index contributed by atoms with van der Waals surface area (Å²) in [6.45, 7) is 11.8. The van der Waals surface area contributed by atoms with E-state index in [1.54, 1.807) is 0 Å². The Bertz CT molecular complexity index is 117. The third kappa shape index (κ3) is 7.34. The third-order valence-corrected chi connectivity index (χ3v) is 2.74. The van der Waals surface area contributed by atoms with Gasteiger partial charge in [0.2, 0.25) is 0 Å². The lowest BCUT2D eigenvalue weighted by molar-refractivity contribution is 0.115. The molecule has 0 spiro atoms. The molecule has 14 heavy (non-hydrogen) atoms. The Morgan fingerprint density at radius 2 is 1.86 bits per heavy atom. The summed E-state index contributed by atoms with van der Waals surface area (Å²) in [5.74, 6) is 0.705. The summed E-state index contributed by atoms with van der Waals surface area (Å²) in [5, 5.41) is 3.44. The summed E-state index contributed by atoms with van der Waals surface area (Å²) in [6.07, 6.45) is 3.58. The summed E-state index contributed by atoms with van der Waals surface area (Å²) in [5.41, 5.74) is 0. The zero-order valence-corrected chi connectivity index (χ0v) is 10.3. The van der Waals surface area contributed by atoms with Gasteiger partial charge in [0.05, 0.1) is 0 Å². The molecule has 0 amide bonds. The van der Waals surface area contributed by atoms with Gasteiger partial charge in [0.25, 0.3) is 0 Å². The van der Waals surface area contributed by atoms with Gasteiger partial charge in [-0.3, -0.25) is 0 Å². The van der Waals surface area contributed by atoms with E-state index in [0.29, 0.717) is 12.0 Å². The molecule has 86 valence electrons. The van der Waals surface area contributed by atoms with Crippen molar-refractivity contribution in [1.29, 1.82) is 0 Å². The lowest BCUT2D eigenvalue weighted by atomic mass is 10.0. The molecule has 0 aromatic carbocycles. The van der Waals surface area contributed by atoms with Crippen molar-refractivity contribution in [1.82, 2.24) is 5.32 Å². The van der Waals surface area contributed by atoms with Crippen LogP contribution in [0.25, 0.3) is 0 Å². The molecule has 0 aromatic heterocycles. The second-order valence-corrected chi connectivity index (χ2v) is 4.08. The molecule has 0 heterocycles. The molecular weight excluding hydrogens is 174 g/mol. The molecular formula is C12H27NO. The highest BCUT2D eigenvalue weighted by Crippen LogP contribution is 2.07. The number of ether oxygens (including phenoxy) is 1. The summed E-state index contributed by atoms with van der Waals surface area (Å²) in [4.78, 5) is 0. The molecule has 1 N–H and O–H groups in total. The van der Waals surface area contributed by atoms with Gasteiger partial charge in [0.15, 0.2) is 0 Å². The Kier molecular flexibility index (Phi) is 9.42. The molecule has 0 aliphatic rings. The van der Waals surface area contributed by atoms with Crippen LogP contribution in [0.5, 0.6) is 0 Å². The Morgan fingerprint density at radius 3 is 2.43 bits per heavy atom. The largest absolute Gasteiger partial charge is 0.381 e. The summed E-state index contributed by atoms with van der Waals surface area (Å²) >= 11 is 0. The van der Waals surface area contributed by atoms with Crippen molar-refractivity contribution in [3.8, 4) is 0 Å². The summed E-state index contributed by atoms with van der Waals surface area (Å²) < 4.78 is 5.55. The summed E-state index contributed by atoms with van der Waals surface area (Å²) in [7, 11) is 0. The lowest BCUT2D eigenvalue weighted by Gasteiger charge is -2.20. The van der Waals surface area contributed by atoms with Gasteiger partial charge < -0.3 is 10.1 Å². The third-order valence-electron chi connectivity index (χ3n) is 2.74. The van der Waals surface area contributed by atoms with Crippen LogP contribution in [0, 0.1) is 5.92 Å². The van der Waals surface area contributed by atoms with E-state index in [-0.39, 0.29) is 0 Å². The van der Waals surface area contributed by atoms with Crippen molar-refractivity contribution in [3.05, 3.63) is 0 Å². The van der Waals surface area contributed by atoms with Crippen LogP contribution < -0.4 is 5.32 Å². The monoisotopic (exact) mass is 201 g/mol. The van der Waals surface area contributed by atoms with Crippen LogP contribution in [0.4, 0.5) is 0 Å². The predicted molar refractivity (Wildman–Crippen MR) is 62.6 cm³/mol. The quantitative estimate of drug-likeness (QED) is 0.579. The van der Waals surface area contributed by atoms with Gasteiger partial charge in [-0.05, 0) is 32.2 Å². The molecule has 0 saturated carbocycles. The van der Waals surface area contributed by atoms with Gasteiger partial charge in [-0.15, -0.1) is 0 Å². The van der Waals surface area contributed by atoms with Crippen molar-refractivity contribution < 1.29 is 4.74 Å².